The number of nitrogens with zero attached hydrogens (tertiary/aromatic N) is 3. The summed E-state index contributed by atoms with van der Waals surface area (Å²) in [6.07, 6.45) is 0.648. The first-order valence-corrected chi connectivity index (χ1v) is 11.4. The van der Waals surface area contributed by atoms with Crippen molar-refractivity contribution in [1.82, 2.24) is 10.1 Å². The molecule has 33 heavy (non-hydrogen) atoms. The number of aromatic hydroxyl groups is 1. The van der Waals surface area contributed by atoms with E-state index in [1.807, 2.05) is 42.5 Å². The van der Waals surface area contributed by atoms with E-state index in [1.165, 1.54) is 5.69 Å². The zero-order chi connectivity index (χ0) is 22.8. The van der Waals surface area contributed by atoms with Gasteiger partial charge in [-0.2, -0.15) is 0 Å². The van der Waals surface area contributed by atoms with Crippen molar-refractivity contribution >= 4 is 28.3 Å². The van der Waals surface area contributed by atoms with Gasteiger partial charge >= 0.3 is 0 Å². The minimum Gasteiger partial charge on any atom is -0.507 e. The number of ether oxygens (including phenoxy) is 1. The molecule has 0 amide bonds. The summed E-state index contributed by atoms with van der Waals surface area (Å²) >= 11 is 6.00. The maximum atomic E-state index is 10.6. The number of methoxy groups -OCH3 is 1. The highest BCUT2D eigenvalue weighted by molar-refractivity contribution is 6.30. The van der Waals surface area contributed by atoms with Gasteiger partial charge in [0.1, 0.15) is 11.5 Å². The smallest absolute Gasteiger partial charge is 0.175 e. The Bertz CT molecular complexity index is 1230. The largest absolute Gasteiger partial charge is 0.507 e. The molecule has 4 aromatic rings. The second-order valence-electron chi connectivity index (χ2n) is 8.33. The maximum absolute atomic E-state index is 10.6. The van der Waals surface area contributed by atoms with Crippen LogP contribution >= 0.6 is 11.6 Å². The van der Waals surface area contributed by atoms with E-state index in [4.69, 9.17) is 20.9 Å². The lowest BCUT2D eigenvalue weighted by atomic mass is 10.0. The average molecular weight is 464 g/mol. The lowest BCUT2D eigenvalue weighted by molar-refractivity contribution is 0.246. The van der Waals surface area contributed by atoms with Gasteiger partial charge in [0, 0.05) is 55.2 Å². The molecule has 0 bridgehead atoms. The van der Waals surface area contributed by atoms with Crippen molar-refractivity contribution < 1.29 is 14.4 Å². The fourth-order valence-corrected chi connectivity index (χ4v) is 4.48. The molecule has 0 saturated carbocycles. The third-order valence-electron chi connectivity index (χ3n) is 6.27. The third-order valence-corrected chi connectivity index (χ3v) is 6.52. The van der Waals surface area contributed by atoms with Gasteiger partial charge in [0.15, 0.2) is 5.58 Å². The van der Waals surface area contributed by atoms with E-state index in [-0.39, 0.29) is 5.75 Å². The molecule has 0 aliphatic carbocycles. The predicted octanol–water partition coefficient (Wildman–Crippen LogP) is 5.11. The van der Waals surface area contributed by atoms with Gasteiger partial charge in [-0.3, -0.25) is 4.90 Å². The molecule has 1 aliphatic heterocycles. The summed E-state index contributed by atoms with van der Waals surface area (Å²) in [7, 11) is 1.68. The minimum absolute atomic E-state index is 0.245. The van der Waals surface area contributed by atoms with E-state index in [1.54, 1.807) is 13.2 Å². The Morgan fingerprint density at radius 3 is 2.39 bits per heavy atom. The van der Waals surface area contributed by atoms with Crippen molar-refractivity contribution in [2.75, 3.05) is 38.2 Å². The lowest BCUT2D eigenvalue weighted by Crippen LogP contribution is -2.45. The topological polar surface area (TPSA) is 62.0 Å². The number of fused-ring (bicyclic) bond motifs is 1. The quantitative estimate of drug-likeness (QED) is 0.429. The van der Waals surface area contributed by atoms with Gasteiger partial charge in [-0.25, -0.2) is 0 Å². The summed E-state index contributed by atoms with van der Waals surface area (Å²) in [4.78, 5) is 4.71. The van der Waals surface area contributed by atoms with Crippen molar-refractivity contribution in [2.24, 2.45) is 0 Å². The van der Waals surface area contributed by atoms with Crippen molar-refractivity contribution in [3.05, 3.63) is 82.5 Å². The SMILES string of the molecule is COc1ccc(N2CCN(Cc3c(O)ccc4c(Cc5ccc(Cl)cc5)noc34)CC2)cc1. The molecule has 0 radical (unpaired) electrons. The number of phenols is 1. The van der Waals surface area contributed by atoms with Crippen molar-refractivity contribution in [3.63, 3.8) is 0 Å². The first kappa shape index (κ1) is 21.6. The van der Waals surface area contributed by atoms with E-state index in [9.17, 15) is 5.11 Å². The van der Waals surface area contributed by atoms with E-state index in [0.717, 1.165) is 54.1 Å². The first-order chi connectivity index (χ1) is 16.1. The number of phenolic OH excluding ortho intramolecular Hbond substituents is 1. The number of rotatable bonds is 6. The molecular weight excluding hydrogens is 438 g/mol. The third kappa shape index (κ3) is 4.63. The van der Waals surface area contributed by atoms with Gasteiger partial charge in [-0.15, -0.1) is 0 Å². The molecule has 6 nitrogen and oxygen atoms in total. The molecule has 0 unspecified atom stereocenters. The van der Waals surface area contributed by atoms with Gasteiger partial charge in [0.2, 0.25) is 0 Å². The Kier molecular flexibility index (Phi) is 6.11. The Morgan fingerprint density at radius 1 is 0.970 bits per heavy atom. The highest BCUT2D eigenvalue weighted by atomic mass is 35.5. The summed E-state index contributed by atoms with van der Waals surface area (Å²) in [6, 6.07) is 19.5. The molecule has 1 saturated heterocycles. The van der Waals surface area contributed by atoms with Gasteiger partial charge in [-0.05, 0) is 54.1 Å². The van der Waals surface area contributed by atoms with Crippen LogP contribution in [0, 0.1) is 0 Å². The Labute approximate surface area is 197 Å². The fraction of sp³-hybridized carbons (Fsp3) is 0.269. The zero-order valence-corrected chi connectivity index (χ0v) is 19.3. The molecule has 3 aromatic carbocycles. The summed E-state index contributed by atoms with van der Waals surface area (Å²) in [5.41, 5.74) is 4.62. The van der Waals surface area contributed by atoms with Crippen molar-refractivity contribution in [3.8, 4) is 11.5 Å². The molecule has 0 atom stereocenters. The lowest BCUT2D eigenvalue weighted by Gasteiger charge is -2.36. The molecule has 1 aromatic heterocycles. The van der Waals surface area contributed by atoms with Crippen LogP contribution in [0.5, 0.6) is 11.5 Å². The van der Waals surface area contributed by atoms with Crippen LogP contribution in [-0.4, -0.2) is 48.5 Å². The van der Waals surface area contributed by atoms with Crippen LogP contribution in [0.3, 0.4) is 0 Å². The first-order valence-electron chi connectivity index (χ1n) is 11.1. The monoisotopic (exact) mass is 463 g/mol. The number of piperazine rings is 1. The maximum Gasteiger partial charge on any atom is 0.175 e. The number of hydrogen-bond acceptors (Lipinski definition) is 6. The number of benzene rings is 3. The Balaban J connectivity index is 1.29. The molecule has 0 spiro atoms. The highest BCUT2D eigenvalue weighted by Crippen LogP contribution is 2.32. The average Bonchev–Trinajstić information content (AvgIpc) is 3.25. The van der Waals surface area contributed by atoms with E-state index < -0.39 is 0 Å². The second kappa shape index (κ2) is 9.33. The van der Waals surface area contributed by atoms with Gasteiger partial charge in [0.25, 0.3) is 0 Å². The molecular formula is C26H26ClN3O3. The number of halogens is 1. The van der Waals surface area contributed by atoms with Crippen LogP contribution < -0.4 is 9.64 Å². The van der Waals surface area contributed by atoms with E-state index >= 15 is 0 Å². The summed E-state index contributed by atoms with van der Waals surface area (Å²) in [5, 5.41) is 16.6. The number of hydrogen-bond donors (Lipinski definition) is 1. The molecule has 1 aliphatic rings. The molecule has 1 fully saturated rings. The normalized spacial score (nSPS) is 14.7. The molecule has 170 valence electrons. The molecule has 5 rings (SSSR count). The molecule has 1 N–H and O–H groups in total. The number of anilines is 1. The Hall–Kier alpha value is -3.22. The Morgan fingerprint density at radius 2 is 1.70 bits per heavy atom. The number of aromatic nitrogens is 1. The van der Waals surface area contributed by atoms with E-state index in [0.29, 0.717) is 23.6 Å². The molecule has 7 heteroatoms. The summed E-state index contributed by atoms with van der Waals surface area (Å²) in [5.74, 6) is 1.11. The van der Waals surface area contributed by atoms with E-state index in [2.05, 4.69) is 27.1 Å². The standard InChI is InChI=1S/C26H26ClN3O3/c1-32-21-8-6-20(7-9-21)30-14-12-29(13-15-30)17-23-25(31)11-10-22-24(28-33-26(22)23)16-18-2-4-19(27)5-3-18/h2-11,31H,12-17H2,1H3. The second-order valence-corrected chi connectivity index (χ2v) is 8.77. The summed E-state index contributed by atoms with van der Waals surface area (Å²) < 4.78 is 11.0. The van der Waals surface area contributed by atoms with Gasteiger partial charge in [0.05, 0.1) is 18.4 Å². The van der Waals surface area contributed by atoms with Gasteiger partial charge in [-0.1, -0.05) is 28.9 Å². The van der Waals surface area contributed by atoms with Crippen LogP contribution in [-0.2, 0) is 13.0 Å². The van der Waals surface area contributed by atoms with Crippen LogP contribution in [0.25, 0.3) is 11.0 Å². The fourth-order valence-electron chi connectivity index (χ4n) is 4.36. The minimum atomic E-state index is 0.245. The predicted molar refractivity (Wildman–Crippen MR) is 130 cm³/mol. The summed E-state index contributed by atoms with van der Waals surface area (Å²) in [6.45, 7) is 4.25. The van der Waals surface area contributed by atoms with Crippen molar-refractivity contribution in [2.45, 2.75) is 13.0 Å². The molecule has 2 heterocycles. The van der Waals surface area contributed by atoms with Crippen LogP contribution in [0.2, 0.25) is 5.02 Å². The van der Waals surface area contributed by atoms with Crippen LogP contribution in [0.1, 0.15) is 16.8 Å². The van der Waals surface area contributed by atoms with Crippen LogP contribution in [0.4, 0.5) is 5.69 Å². The van der Waals surface area contributed by atoms with Crippen molar-refractivity contribution in [1.29, 1.82) is 0 Å². The van der Waals surface area contributed by atoms with Gasteiger partial charge < -0.3 is 19.3 Å². The highest BCUT2D eigenvalue weighted by Gasteiger charge is 2.22. The van der Waals surface area contributed by atoms with Crippen LogP contribution in [0.15, 0.2) is 65.2 Å². The zero-order valence-electron chi connectivity index (χ0n) is 18.5.